The summed E-state index contributed by atoms with van der Waals surface area (Å²) < 4.78 is 4.52. The van der Waals surface area contributed by atoms with E-state index in [1.807, 2.05) is 0 Å². The monoisotopic (exact) mass is 739 g/mol. The van der Waals surface area contributed by atoms with Gasteiger partial charge in [-0.05, 0) is 75.1 Å². The predicted octanol–water partition coefficient (Wildman–Crippen LogP) is 13.4. The zero-order valence-electron chi connectivity index (χ0n) is 31.3. The third kappa shape index (κ3) is 4.93. The van der Waals surface area contributed by atoms with Crippen LogP contribution in [0.4, 0.5) is 0 Å². The maximum absolute atomic E-state index is 5.38. The molecule has 270 valence electrons. The molecule has 0 amide bonds. The fraction of sp³-hybridized carbons (Fsp3) is 0. The van der Waals surface area contributed by atoms with E-state index in [4.69, 9.17) is 15.0 Å². The van der Waals surface area contributed by atoms with E-state index in [2.05, 4.69) is 209 Å². The Morgan fingerprint density at radius 3 is 1.48 bits per heavy atom. The summed E-state index contributed by atoms with van der Waals surface area (Å²) in [6.45, 7) is 0. The Bertz CT molecular complexity index is 3490. The maximum atomic E-state index is 5.38. The number of aromatic nitrogens is 5. The molecule has 0 unspecified atom stereocenters. The van der Waals surface area contributed by atoms with Crippen LogP contribution in [0.1, 0.15) is 0 Å². The number of hydrogen-bond acceptors (Lipinski definition) is 3. The van der Waals surface area contributed by atoms with Crippen LogP contribution < -0.4 is 0 Å². The third-order valence-corrected chi connectivity index (χ3v) is 11.6. The molecule has 0 saturated heterocycles. The van der Waals surface area contributed by atoms with Crippen LogP contribution in [0.2, 0.25) is 0 Å². The first-order valence-electron chi connectivity index (χ1n) is 19.6. The van der Waals surface area contributed by atoms with Crippen LogP contribution in [-0.2, 0) is 0 Å². The molecule has 0 aliphatic rings. The van der Waals surface area contributed by atoms with Gasteiger partial charge in [-0.1, -0.05) is 158 Å². The Kier molecular flexibility index (Phi) is 7.16. The molecule has 9 aromatic carbocycles. The van der Waals surface area contributed by atoms with E-state index in [9.17, 15) is 0 Å². The summed E-state index contributed by atoms with van der Waals surface area (Å²) in [5.41, 5.74) is 9.43. The number of para-hydroxylation sites is 5. The van der Waals surface area contributed by atoms with Crippen LogP contribution in [0, 0.1) is 0 Å². The molecule has 3 heterocycles. The zero-order chi connectivity index (χ0) is 38.2. The summed E-state index contributed by atoms with van der Waals surface area (Å²) in [4.78, 5) is 16.1. The van der Waals surface area contributed by atoms with Gasteiger partial charge in [0.05, 0.1) is 27.8 Å². The molecule has 0 aliphatic carbocycles. The fourth-order valence-corrected chi connectivity index (χ4v) is 9.01. The molecule has 0 spiro atoms. The van der Waals surface area contributed by atoms with Crippen LogP contribution in [0.5, 0.6) is 0 Å². The Labute approximate surface area is 333 Å². The van der Waals surface area contributed by atoms with Gasteiger partial charge in [0.1, 0.15) is 0 Å². The molecule has 0 bridgehead atoms. The van der Waals surface area contributed by atoms with Gasteiger partial charge >= 0.3 is 0 Å². The van der Waals surface area contributed by atoms with Gasteiger partial charge in [-0.3, -0.25) is 4.57 Å². The second kappa shape index (κ2) is 12.8. The van der Waals surface area contributed by atoms with E-state index in [1.54, 1.807) is 0 Å². The van der Waals surface area contributed by atoms with Gasteiger partial charge in [0, 0.05) is 32.7 Å². The molecule has 0 radical (unpaired) electrons. The average molecular weight is 740 g/mol. The fourth-order valence-electron chi connectivity index (χ4n) is 9.01. The minimum absolute atomic E-state index is 0.566. The summed E-state index contributed by atoms with van der Waals surface area (Å²) in [7, 11) is 0. The lowest BCUT2D eigenvalue weighted by atomic mass is 9.94. The quantitative estimate of drug-likeness (QED) is 0.165. The van der Waals surface area contributed by atoms with Crippen molar-refractivity contribution in [3.63, 3.8) is 0 Å². The highest BCUT2D eigenvalue weighted by Gasteiger charge is 2.21. The number of fused-ring (bicyclic) bond motifs is 9. The van der Waals surface area contributed by atoms with Crippen molar-refractivity contribution in [2.75, 3.05) is 0 Å². The summed E-state index contributed by atoms with van der Waals surface area (Å²) in [6, 6.07) is 70.9. The van der Waals surface area contributed by atoms with Gasteiger partial charge in [-0.15, -0.1) is 0 Å². The SMILES string of the molecule is c1cc(-c2nc(-c3ccccc3-n3c4ccccc4c4ccccc43)nc(-n3c4ccccc4c4ccccc43)n2)cc(-c2cccc3c2ccc2ccccc23)c1. The average Bonchev–Trinajstić information content (AvgIpc) is 3.82. The van der Waals surface area contributed by atoms with Gasteiger partial charge in [0.2, 0.25) is 5.95 Å². The number of nitrogens with zero attached hydrogens (tertiary/aromatic N) is 5. The van der Waals surface area contributed by atoms with Crippen LogP contribution in [0.25, 0.3) is 111 Å². The highest BCUT2D eigenvalue weighted by molar-refractivity contribution is 6.13. The van der Waals surface area contributed by atoms with Gasteiger partial charge in [0.15, 0.2) is 11.6 Å². The van der Waals surface area contributed by atoms with Crippen LogP contribution in [-0.4, -0.2) is 24.1 Å². The Balaban J connectivity index is 1.12. The van der Waals surface area contributed by atoms with E-state index in [0.29, 0.717) is 17.6 Å². The summed E-state index contributed by atoms with van der Waals surface area (Å²) in [5, 5.41) is 9.63. The highest BCUT2D eigenvalue weighted by Crippen LogP contribution is 2.38. The van der Waals surface area contributed by atoms with Crippen molar-refractivity contribution in [1.29, 1.82) is 0 Å². The molecular formula is C53H33N5. The van der Waals surface area contributed by atoms with E-state index in [0.717, 1.165) is 55.2 Å². The topological polar surface area (TPSA) is 48.5 Å². The van der Waals surface area contributed by atoms with Crippen molar-refractivity contribution >= 4 is 65.2 Å². The number of hydrogen-bond donors (Lipinski definition) is 0. The van der Waals surface area contributed by atoms with E-state index >= 15 is 0 Å². The molecule has 12 aromatic rings. The first-order valence-corrected chi connectivity index (χ1v) is 19.6. The normalized spacial score (nSPS) is 11.8. The third-order valence-electron chi connectivity index (χ3n) is 11.6. The molecule has 3 aromatic heterocycles. The number of benzene rings is 9. The van der Waals surface area contributed by atoms with Crippen LogP contribution in [0.15, 0.2) is 200 Å². The van der Waals surface area contributed by atoms with Gasteiger partial charge < -0.3 is 4.57 Å². The minimum atomic E-state index is 0.566. The van der Waals surface area contributed by atoms with E-state index in [1.165, 1.54) is 37.9 Å². The maximum Gasteiger partial charge on any atom is 0.238 e. The highest BCUT2D eigenvalue weighted by atomic mass is 15.2. The van der Waals surface area contributed by atoms with Crippen molar-refractivity contribution in [1.82, 2.24) is 24.1 Å². The van der Waals surface area contributed by atoms with Gasteiger partial charge in [-0.2, -0.15) is 9.97 Å². The Hall–Kier alpha value is -7.89. The van der Waals surface area contributed by atoms with E-state index < -0.39 is 0 Å². The van der Waals surface area contributed by atoms with E-state index in [-0.39, 0.29) is 0 Å². The first kappa shape index (κ1) is 32.4. The molecule has 0 saturated carbocycles. The Morgan fingerprint density at radius 2 is 0.793 bits per heavy atom. The molecule has 5 nitrogen and oxygen atoms in total. The second-order valence-corrected chi connectivity index (χ2v) is 14.8. The first-order chi connectivity index (χ1) is 28.8. The van der Waals surface area contributed by atoms with Crippen LogP contribution in [0.3, 0.4) is 0 Å². The molecule has 12 rings (SSSR count). The largest absolute Gasteiger partial charge is 0.309 e. The van der Waals surface area contributed by atoms with Gasteiger partial charge in [0.25, 0.3) is 0 Å². The Morgan fingerprint density at radius 1 is 0.293 bits per heavy atom. The predicted molar refractivity (Wildman–Crippen MR) is 240 cm³/mol. The molecular weight excluding hydrogens is 707 g/mol. The number of rotatable bonds is 5. The van der Waals surface area contributed by atoms with Crippen molar-refractivity contribution in [3.05, 3.63) is 200 Å². The van der Waals surface area contributed by atoms with Crippen LogP contribution >= 0.6 is 0 Å². The lowest BCUT2D eigenvalue weighted by Gasteiger charge is -2.15. The molecule has 0 fully saturated rings. The molecule has 58 heavy (non-hydrogen) atoms. The summed E-state index contributed by atoms with van der Waals surface area (Å²) in [5.74, 6) is 1.77. The standard InChI is InChI=1S/C53H33N5/c1-2-18-37-34(15-1)31-32-40-38(24-14-25-39(37)40)35-16-13-17-36(33-35)51-54-52(56-53(55-51)58-48-28-10-5-21-43(48)44-22-6-11-29-49(44)58)45-23-7-12-30-50(45)57-46-26-8-3-19-41(46)42-20-4-9-27-47(42)57/h1-33H. The minimum Gasteiger partial charge on any atom is -0.309 e. The lowest BCUT2D eigenvalue weighted by Crippen LogP contribution is -2.07. The molecule has 0 aliphatic heterocycles. The smallest absolute Gasteiger partial charge is 0.238 e. The summed E-state index contributed by atoms with van der Waals surface area (Å²) >= 11 is 0. The lowest BCUT2D eigenvalue weighted by molar-refractivity contribution is 0.952. The van der Waals surface area contributed by atoms with Crippen molar-refractivity contribution < 1.29 is 0 Å². The second-order valence-electron chi connectivity index (χ2n) is 14.8. The zero-order valence-corrected chi connectivity index (χ0v) is 31.3. The molecule has 0 atom stereocenters. The van der Waals surface area contributed by atoms with Crippen molar-refractivity contribution in [3.8, 4) is 45.5 Å². The molecule has 5 heteroatoms. The van der Waals surface area contributed by atoms with Gasteiger partial charge in [-0.25, -0.2) is 4.98 Å². The summed E-state index contributed by atoms with van der Waals surface area (Å²) in [6.07, 6.45) is 0. The van der Waals surface area contributed by atoms with Crippen molar-refractivity contribution in [2.45, 2.75) is 0 Å². The molecule has 0 N–H and O–H groups in total. The van der Waals surface area contributed by atoms with Crippen molar-refractivity contribution in [2.24, 2.45) is 0 Å².